The van der Waals surface area contributed by atoms with E-state index in [2.05, 4.69) is 15.5 Å². The number of likely N-dealkylation sites (tertiary alicyclic amines) is 1. The second-order valence-electron chi connectivity index (χ2n) is 7.58. The highest BCUT2D eigenvalue weighted by molar-refractivity contribution is 5.75. The zero-order valence-corrected chi connectivity index (χ0v) is 17.1. The normalized spacial score (nSPS) is 13.8. The first-order chi connectivity index (χ1) is 14.7. The Bertz CT molecular complexity index is 950. The number of nitrogens with zero attached hydrogens (tertiary/aromatic N) is 3. The minimum absolute atomic E-state index is 0.0686. The largest absolute Gasteiger partial charge is 0.376 e. The molecular weight excluding hydrogens is 380 g/mol. The summed E-state index contributed by atoms with van der Waals surface area (Å²) in [6.45, 7) is 4.85. The number of urea groups is 1. The maximum atomic E-state index is 12.3. The van der Waals surface area contributed by atoms with E-state index >= 15 is 0 Å². The SMILES string of the molecule is Cc1ccc(CNC(=O)N2CC(c3nc(CCOCc4ccccc4)no3)C2)cc1. The Morgan fingerprint density at radius 3 is 2.67 bits per heavy atom. The summed E-state index contributed by atoms with van der Waals surface area (Å²) >= 11 is 0. The highest BCUT2D eigenvalue weighted by Crippen LogP contribution is 2.25. The summed E-state index contributed by atoms with van der Waals surface area (Å²) in [5.41, 5.74) is 3.43. The van der Waals surface area contributed by atoms with Crippen LogP contribution in [0.25, 0.3) is 0 Å². The molecule has 0 unspecified atom stereocenters. The number of hydrogen-bond acceptors (Lipinski definition) is 5. The molecule has 30 heavy (non-hydrogen) atoms. The van der Waals surface area contributed by atoms with Crippen LogP contribution in [0.15, 0.2) is 59.1 Å². The molecule has 7 nitrogen and oxygen atoms in total. The molecule has 0 radical (unpaired) electrons. The van der Waals surface area contributed by atoms with Gasteiger partial charge >= 0.3 is 6.03 Å². The maximum Gasteiger partial charge on any atom is 0.317 e. The monoisotopic (exact) mass is 406 g/mol. The second-order valence-corrected chi connectivity index (χ2v) is 7.58. The summed E-state index contributed by atoms with van der Waals surface area (Å²) in [6, 6.07) is 18.1. The number of amides is 2. The lowest BCUT2D eigenvalue weighted by Gasteiger charge is -2.36. The zero-order valence-electron chi connectivity index (χ0n) is 17.1. The molecule has 0 saturated carbocycles. The van der Waals surface area contributed by atoms with E-state index in [1.807, 2.05) is 61.5 Å². The van der Waals surface area contributed by atoms with Gasteiger partial charge in [0.25, 0.3) is 0 Å². The molecule has 1 saturated heterocycles. The van der Waals surface area contributed by atoms with Crippen LogP contribution in [0.1, 0.15) is 34.3 Å². The lowest BCUT2D eigenvalue weighted by atomic mass is 10.0. The van der Waals surface area contributed by atoms with Crippen molar-refractivity contribution in [3.05, 3.63) is 83.0 Å². The molecule has 7 heteroatoms. The molecular formula is C23H26N4O3. The number of ether oxygens (including phenoxy) is 1. The van der Waals surface area contributed by atoms with E-state index in [1.165, 1.54) is 5.56 Å². The standard InChI is InChI=1S/C23H26N4O3/c1-17-7-9-18(10-8-17)13-24-23(28)27-14-20(15-27)22-25-21(26-30-22)11-12-29-16-19-5-3-2-4-6-19/h2-10,20H,11-16H2,1H3,(H,24,28). The van der Waals surface area contributed by atoms with Crippen LogP contribution in [0, 0.1) is 6.92 Å². The first kappa shape index (κ1) is 20.1. The molecule has 0 spiro atoms. The fraction of sp³-hybridized carbons (Fsp3) is 0.348. The Morgan fingerprint density at radius 1 is 1.13 bits per heavy atom. The molecule has 1 aromatic heterocycles. The van der Waals surface area contributed by atoms with Crippen LogP contribution in [0.3, 0.4) is 0 Å². The van der Waals surface area contributed by atoms with Crippen molar-refractivity contribution in [1.82, 2.24) is 20.4 Å². The van der Waals surface area contributed by atoms with Gasteiger partial charge in [-0.05, 0) is 18.1 Å². The molecule has 2 heterocycles. The van der Waals surface area contributed by atoms with E-state index < -0.39 is 0 Å². The summed E-state index contributed by atoms with van der Waals surface area (Å²) in [4.78, 5) is 18.5. The van der Waals surface area contributed by atoms with Gasteiger partial charge in [-0.25, -0.2) is 4.79 Å². The Kier molecular flexibility index (Phi) is 6.39. The molecule has 1 aliphatic heterocycles. The molecule has 2 amide bonds. The highest BCUT2D eigenvalue weighted by Gasteiger charge is 2.35. The van der Waals surface area contributed by atoms with E-state index in [0.717, 1.165) is 11.1 Å². The molecule has 1 aliphatic rings. The molecule has 156 valence electrons. The van der Waals surface area contributed by atoms with Gasteiger partial charge in [0.15, 0.2) is 5.82 Å². The third-order valence-corrected chi connectivity index (χ3v) is 5.15. The van der Waals surface area contributed by atoms with Gasteiger partial charge < -0.3 is 19.5 Å². The van der Waals surface area contributed by atoms with Crippen LogP contribution in [0.5, 0.6) is 0 Å². The number of nitrogens with one attached hydrogen (secondary N) is 1. The van der Waals surface area contributed by atoms with Crippen molar-refractivity contribution in [1.29, 1.82) is 0 Å². The second kappa shape index (κ2) is 9.54. The third kappa shape index (κ3) is 5.24. The molecule has 0 aliphatic carbocycles. The number of aromatic nitrogens is 2. The van der Waals surface area contributed by atoms with E-state index in [-0.39, 0.29) is 11.9 Å². The van der Waals surface area contributed by atoms with Crippen molar-refractivity contribution in [3.8, 4) is 0 Å². The topological polar surface area (TPSA) is 80.5 Å². The minimum Gasteiger partial charge on any atom is -0.376 e. The molecule has 3 aromatic rings. The van der Waals surface area contributed by atoms with E-state index in [9.17, 15) is 4.79 Å². The summed E-state index contributed by atoms with van der Waals surface area (Å²) in [6.07, 6.45) is 0.601. The highest BCUT2D eigenvalue weighted by atomic mass is 16.5. The minimum atomic E-state index is -0.0686. The van der Waals surface area contributed by atoms with Crippen LogP contribution >= 0.6 is 0 Å². The predicted octanol–water partition coefficient (Wildman–Crippen LogP) is 3.45. The molecule has 0 atom stereocenters. The molecule has 2 aromatic carbocycles. The van der Waals surface area contributed by atoms with Crippen LogP contribution in [-0.2, 0) is 24.3 Å². The van der Waals surface area contributed by atoms with Crippen molar-refractivity contribution in [2.75, 3.05) is 19.7 Å². The van der Waals surface area contributed by atoms with Crippen molar-refractivity contribution in [2.45, 2.75) is 32.4 Å². The van der Waals surface area contributed by atoms with Gasteiger partial charge in [-0.15, -0.1) is 0 Å². The first-order valence-electron chi connectivity index (χ1n) is 10.2. The van der Waals surface area contributed by atoms with E-state index in [1.54, 1.807) is 4.90 Å². The van der Waals surface area contributed by atoms with Gasteiger partial charge in [0.05, 0.1) is 19.1 Å². The zero-order chi connectivity index (χ0) is 20.8. The Morgan fingerprint density at radius 2 is 1.90 bits per heavy atom. The van der Waals surface area contributed by atoms with Crippen molar-refractivity contribution < 1.29 is 14.1 Å². The molecule has 1 fully saturated rings. The van der Waals surface area contributed by atoms with Crippen molar-refractivity contribution in [3.63, 3.8) is 0 Å². The quantitative estimate of drug-likeness (QED) is 0.580. The van der Waals surface area contributed by atoms with Gasteiger partial charge in [-0.3, -0.25) is 0 Å². The number of carbonyl (C=O) groups excluding carboxylic acids is 1. The molecule has 4 rings (SSSR count). The lowest BCUT2D eigenvalue weighted by molar-refractivity contribution is 0.122. The van der Waals surface area contributed by atoms with Crippen molar-refractivity contribution >= 4 is 6.03 Å². The first-order valence-corrected chi connectivity index (χ1v) is 10.2. The number of benzene rings is 2. The van der Waals surface area contributed by atoms with Crippen LogP contribution in [0.4, 0.5) is 4.79 Å². The lowest BCUT2D eigenvalue weighted by Crippen LogP contribution is -2.52. The predicted molar refractivity (Wildman–Crippen MR) is 112 cm³/mol. The summed E-state index contributed by atoms with van der Waals surface area (Å²) in [7, 11) is 0. The number of rotatable bonds is 8. The summed E-state index contributed by atoms with van der Waals surface area (Å²) < 4.78 is 11.0. The Balaban J connectivity index is 1.15. The number of carbonyl (C=O) groups is 1. The smallest absolute Gasteiger partial charge is 0.317 e. The molecule has 0 bridgehead atoms. The Hall–Kier alpha value is -3.19. The van der Waals surface area contributed by atoms with Gasteiger partial charge in [0, 0.05) is 26.1 Å². The molecule has 1 N–H and O–H groups in total. The van der Waals surface area contributed by atoms with Gasteiger partial charge in [-0.2, -0.15) is 4.98 Å². The van der Waals surface area contributed by atoms with E-state index in [4.69, 9.17) is 9.26 Å². The Labute approximate surface area is 176 Å². The third-order valence-electron chi connectivity index (χ3n) is 5.15. The number of aryl methyl sites for hydroxylation is 1. The average molecular weight is 406 g/mol. The fourth-order valence-electron chi connectivity index (χ4n) is 3.26. The van der Waals surface area contributed by atoms with Gasteiger partial charge in [-0.1, -0.05) is 65.3 Å². The van der Waals surface area contributed by atoms with Crippen molar-refractivity contribution in [2.24, 2.45) is 0 Å². The van der Waals surface area contributed by atoms with Crippen LogP contribution < -0.4 is 5.32 Å². The van der Waals surface area contributed by atoms with E-state index in [0.29, 0.717) is 51.0 Å². The van der Waals surface area contributed by atoms with Gasteiger partial charge in [0.1, 0.15) is 0 Å². The van der Waals surface area contributed by atoms with Crippen LogP contribution in [-0.4, -0.2) is 40.8 Å². The summed E-state index contributed by atoms with van der Waals surface area (Å²) in [5, 5.41) is 6.98. The maximum absolute atomic E-state index is 12.3. The number of hydrogen-bond donors (Lipinski definition) is 1. The summed E-state index contributed by atoms with van der Waals surface area (Å²) in [5.74, 6) is 1.33. The average Bonchev–Trinajstić information content (AvgIpc) is 3.19. The van der Waals surface area contributed by atoms with Gasteiger partial charge in [0.2, 0.25) is 5.89 Å². The van der Waals surface area contributed by atoms with Crippen LogP contribution in [0.2, 0.25) is 0 Å². The fourth-order valence-corrected chi connectivity index (χ4v) is 3.26.